The molecule has 1 aliphatic rings. The summed E-state index contributed by atoms with van der Waals surface area (Å²) in [4.78, 5) is 15.0. The second-order valence-corrected chi connectivity index (χ2v) is 8.76. The monoisotopic (exact) mass is 455 g/mol. The van der Waals surface area contributed by atoms with Crippen molar-refractivity contribution >= 4 is 51.9 Å². The van der Waals surface area contributed by atoms with Crippen LogP contribution in [-0.2, 0) is 11.2 Å². The van der Waals surface area contributed by atoms with Crippen molar-refractivity contribution in [3.05, 3.63) is 81.9 Å². The molecule has 7 heteroatoms. The van der Waals surface area contributed by atoms with E-state index in [1.807, 2.05) is 60.7 Å². The van der Waals surface area contributed by atoms with Gasteiger partial charge < -0.3 is 9.15 Å². The summed E-state index contributed by atoms with van der Waals surface area (Å²) in [5, 5.41) is 0.642. The lowest BCUT2D eigenvalue weighted by molar-refractivity contribution is -0.122. The van der Waals surface area contributed by atoms with Gasteiger partial charge in [-0.15, -0.1) is 0 Å². The number of ether oxygens (including phenoxy) is 1. The Hall–Kier alpha value is -2.54. The van der Waals surface area contributed by atoms with Gasteiger partial charge in [-0.2, -0.15) is 0 Å². The second-order valence-electron chi connectivity index (χ2n) is 6.64. The number of carbonyl (C=O) groups is 1. The number of hydrogen-bond donors (Lipinski definition) is 0. The molecule has 0 unspecified atom stereocenters. The van der Waals surface area contributed by atoms with Gasteiger partial charge in [-0.25, -0.2) is 0 Å². The standard InChI is InChI=1S/C23H18ClNO3S2/c1-27-18-7-5-15(6-8-18)11-12-25-22(26)21(30-23(25)29)14-19-9-10-20(28-19)16-3-2-4-17(24)13-16/h2-10,13-14H,11-12H2,1H3. The van der Waals surface area contributed by atoms with Crippen LogP contribution in [0.4, 0.5) is 0 Å². The first-order valence-corrected chi connectivity index (χ1v) is 10.9. The number of methoxy groups -OCH3 is 1. The van der Waals surface area contributed by atoms with E-state index in [1.54, 1.807) is 18.1 Å². The van der Waals surface area contributed by atoms with E-state index in [-0.39, 0.29) is 5.91 Å². The van der Waals surface area contributed by atoms with Crippen LogP contribution in [0.25, 0.3) is 17.4 Å². The molecular formula is C23H18ClNO3S2. The van der Waals surface area contributed by atoms with Gasteiger partial charge in [0.25, 0.3) is 5.91 Å². The predicted molar refractivity (Wildman–Crippen MR) is 126 cm³/mol. The van der Waals surface area contributed by atoms with Crippen molar-refractivity contribution in [2.75, 3.05) is 13.7 Å². The first kappa shape index (κ1) is 20.7. The SMILES string of the molecule is COc1ccc(CCN2C(=O)C(=Cc3ccc(-c4cccc(Cl)c4)o3)SC2=S)cc1. The summed E-state index contributed by atoms with van der Waals surface area (Å²) in [6, 6.07) is 18.9. The van der Waals surface area contributed by atoms with Crippen LogP contribution >= 0.6 is 35.6 Å². The lowest BCUT2D eigenvalue weighted by Crippen LogP contribution is -2.30. The molecule has 1 aromatic heterocycles. The van der Waals surface area contributed by atoms with Gasteiger partial charge in [0.15, 0.2) is 0 Å². The highest BCUT2D eigenvalue weighted by Gasteiger charge is 2.31. The minimum atomic E-state index is -0.0979. The minimum Gasteiger partial charge on any atom is -0.497 e. The van der Waals surface area contributed by atoms with Crippen molar-refractivity contribution in [1.82, 2.24) is 4.90 Å². The zero-order valence-corrected chi connectivity index (χ0v) is 18.5. The number of halogens is 1. The topological polar surface area (TPSA) is 42.7 Å². The molecule has 0 atom stereocenters. The van der Waals surface area contributed by atoms with Crippen LogP contribution in [0.5, 0.6) is 5.75 Å². The Morgan fingerprint density at radius 3 is 2.70 bits per heavy atom. The quantitative estimate of drug-likeness (QED) is 0.334. The third kappa shape index (κ3) is 4.61. The van der Waals surface area contributed by atoms with E-state index in [9.17, 15) is 4.79 Å². The second kappa shape index (κ2) is 9.08. The Morgan fingerprint density at radius 1 is 1.17 bits per heavy atom. The first-order valence-electron chi connectivity index (χ1n) is 9.27. The third-order valence-electron chi connectivity index (χ3n) is 4.67. The van der Waals surface area contributed by atoms with Crippen LogP contribution in [0.1, 0.15) is 11.3 Å². The summed E-state index contributed by atoms with van der Waals surface area (Å²) in [5.41, 5.74) is 2.00. The van der Waals surface area contributed by atoms with E-state index >= 15 is 0 Å². The highest BCUT2D eigenvalue weighted by molar-refractivity contribution is 8.26. The van der Waals surface area contributed by atoms with Gasteiger partial charge in [-0.05, 0) is 48.4 Å². The molecule has 1 amide bonds. The van der Waals surface area contributed by atoms with E-state index in [0.717, 1.165) is 16.9 Å². The molecule has 1 saturated heterocycles. The Balaban J connectivity index is 1.45. The fourth-order valence-electron chi connectivity index (χ4n) is 3.08. The molecule has 4 rings (SSSR count). The molecule has 2 aromatic carbocycles. The molecule has 3 aromatic rings. The largest absolute Gasteiger partial charge is 0.497 e. The van der Waals surface area contributed by atoms with E-state index in [4.69, 9.17) is 33.0 Å². The molecule has 0 N–H and O–H groups in total. The van der Waals surface area contributed by atoms with Gasteiger partial charge in [0.05, 0.1) is 12.0 Å². The van der Waals surface area contributed by atoms with Gasteiger partial charge in [-0.3, -0.25) is 9.69 Å². The van der Waals surface area contributed by atoms with Gasteiger partial charge in [0, 0.05) is 23.2 Å². The van der Waals surface area contributed by atoms with Gasteiger partial charge in [-0.1, -0.05) is 59.8 Å². The molecule has 0 aliphatic carbocycles. The summed E-state index contributed by atoms with van der Waals surface area (Å²) in [6.07, 6.45) is 2.45. The normalized spacial score (nSPS) is 15.3. The molecule has 1 fully saturated rings. The highest BCUT2D eigenvalue weighted by Crippen LogP contribution is 2.34. The van der Waals surface area contributed by atoms with Gasteiger partial charge >= 0.3 is 0 Å². The molecule has 1 aliphatic heterocycles. The number of hydrogen-bond acceptors (Lipinski definition) is 5. The van der Waals surface area contributed by atoms with Crippen molar-refractivity contribution in [2.45, 2.75) is 6.42 Å². The summed E-state index contributed by atoms with van der Waals surface area (Å²) < 4.78 is 11.6. The Morgan fingerprint density at radius 2 is 1.97 bits per heavy atom. The Labute approximate surface area is 189 Å². The average Bonchev–Trinajstić information content (AvgIpc) is 3.32. The minimum absolute atomic E-state index is 0.0979. The number of rotatable bonds is 6. The zero-order valence-electron chi connectivity index (χ0n) is 16.1. The van der Waals surface area contributed by atoms with Crippen molar-refractivity contribution in [1.29, 1.82) is 0 Å². The van der Waals surface area contributed by atoms with E-state index in [2.05, 4.69) is 0 Å². The average molecular weight is 456 g/mol. The smallest absolute Gasteiger partial charge is 0.266 e. The predicted octanol–water partition coefficient (Wildman–Crippen LogP) is 6.05. The number of thiocarbonyl (C=S) groups is 1. The highest BCUT2D eigenvalue weighted by atomic mass is 35.5. The molecular weight excluding hydrogens is 438 g/mol. The van der Waals surface area contributed by atoms with Crippen LogP contribution in [0, 0.1) is 0 Å². The summed E-state index contributed by atoms with van der Waals surface area (Å²) in [7, 11) is 1.64. The molecule has 0 saturated carbocycles. The number of benzene rings is 2. The Bertz CT molecular complexity index is 1120. The first-order chi connectivity index (χ1) is 14.5. The molecule has 0 bridgehead atoms. The number of nitrogens with zero attached hydrogens (tertiary/aromatic N) is 1. The van der Waals surface area contributed by atoms with E-state index in [1.165, 1.54) is 11.8 Å². The van der Waals surface area contributed by atoms with Crippen LogP contribution < -0.4 is 4.74 Å². The molecule has 4 nitrogen and oxygen atoms in total. The summed E-state index contributed by atoms with van der Waals surface area (Å²) in [6.45, 7) is 0.528. The summed E-state index contributed by atoms with van der Waals surface area (Å²) in [5.74, 6) is 2.00. The number of thioether (sulfide) groups is 1. The molecule has 152 valence electrons. The molecule has 0 spiro atoms. The van der Waals surface area contributed by atoms with Crippen molar-refractivity contribution < 1.29 is 13.9 Å². The third-order valence-corrected chi connectivity index (χ3v) is 6.28. The van der Waals surface area contributed by atoms with Crippen LogP contribution in [0.3, 0.4) is 0 Å². The zero-order chi connectivity index (χ0) is 21.1. The maximum absolute atomic E-state index is 12.8. The van der Waals surface area contributed by atoms with E-state index in [0.29, 0.717) is 38.7 Å². The maximum Gasteiger partial charge on any atom is 0.266 e. The van der Waals surface area contributed by atoms with Crippen molar-refractivity contribution in [3.8, 4) is 17.1 Å². The molecule has 0 radical (unpaired) electrons. The number of carbonyl (C=O) groups excluding carboxylic acids is 1. The lowest BCUT2D eigenvalue weighted by atomic mass is 10.1. The van der Waals surface area contributed by atoms with Gasteiger partial charge in [0.1, 0.15) is 21.6 Å². The fraction of sp³-hybridized carbons (Fsp3) is 0.130. The summed E-state index contributed by atoms with van der Waals surface area (Å²) >= 11 is 12.8. The maximum atomic E-state index is 12.8. The molecule has 30 heavy (non-hydrogen) atoms. The number of amides is 1. The fourth-order valence-corrected chi connectivity index (χ4v) is 4.56. The van der Waals surface area contributed by atoms with Gasteiger partial charge in [0.2, 0.25) is 0 Å². The lowest BCUT2D eigenvalue weighted by Gasteiger charge is -2.14. The van der Waals surface area contributed by atoms with Crippen molar-refractivity contribution in [2.24, 2.45) is 0 Å². The van der Waals surface area contributed by atoms with E-state index < -0.39 is 0 Å². The number of furan rings is 1. The molecule has 2 heterocycles. The van der Waals surface area contributed by atoms with Crippen LogP contribution in [0.2, 0.25) is 5.02 Å². The van der Waals surface area contributed by atoms with Crippen LogP contribution in [-0.4, -0.2) is 28.8 Å². The Kier molecular flexibility index (Phi) is 6.27. The van der Waals surface area contributed by atoms with Crippen molar-refractivity contribution in [3.63, 3.8) is 0 Å². The van der Waals surface area contributed by atoms with Crippen LogP contribution in [0.15, 0.2) is 70.0 Å².